The molecule has 15 heavy (non-hydrogen) atoms. The third kappa shape index (κ3) is 2.78. The fourth-order valence-electron chi connectivity index (χ4n) is 1.50. The Bertz CT molecular complexity index is 346. The molecule has 82 valence electrons. The number of halogens is 3. The van der Waals surface area contributed by atoms with Crippen LogP contribution in [0.2, 0.25) is 10.3 Å². The molecule has 2 rings (SSSR count). The third-order valence-corrected chi connectivity index (χ3v) is 5.38. The molecule has 1 aromatic rings. The van der Waals surface area contributed by atoms with E-state index in [2.05, 4.69) is 25.9 Å². The molecule has 0 aromatic carbocycles. The van der Waals surface area contributed by atoms with E-state index in [9.17, 15) is 0 Å². The molecule has 0 spiro atoms. The van der Waals surface area contributed by atoms with Crippen molar-refractivity contribution in [1.29, 1.82) is 0 Å². The van der Waals surface area contributed by atoms with Gasteiger partial charge in [-0.15, -0.1) is 0 Å². The predicted octanol–water partition coefficient (Wildman–Crippen LogP) is 4.50. The standard InChI is InChI=1S/C9H9BrCl2N2S/c10-6-7(11)13-9(14-8(6)12)5-3-1-2-4-15-5/h5H,1-4H2. The van der Waals surface area contributed by atoms with Crippen molar-refractivity contribution in [2.24, 2.45) is 0 Å². The zero-order valence-electron chi connectivity index (χ0n) is 7.84. The van der Waals surface area contributed by atoms with Crippen molar-refractivity contribution in [2.45, 2.75) is 24.5 Å². The summed E-state index contributed by atoms with van der Waals surface area (Å²) in [6.07, 6.45) is 3.62. The SMILES string of the molecule is Clc1nc(C2CCCCS2)nc(Cl)c1Br. The van der Waals surface area contributed by atoms with Crippen molar-refractivity contribution in [1.82, 2.24) is 9.97 Å². The van der Waals surface area contributed by atoms with Gasteiger partial charge in [-0.2, -0.15) is 11.8 Å². The summed E-state index contributed by atoms with van der Waals surface area (Å²) in [5.74, 6) is 1.93. The lowest BCUT2D eigenvalue weighted by molar-refractivity contribution is 0.661. The van der Waals surface area contributed by atoms with Crippen LogP contribution < -0.4 is 0 Å². The lowest BCUT2D eigenvalue weighted by atomic mass is 10.2. The number of rotatable bonds is 1. The fourth-order valence-corrected chi connectivity index (χ4v) is 3.32. The molecule has 0 bridgehead atoms. The lowest BCUT2D eigenvalue weighted by Gasteiger charge is -2.20. The molecule has 0 radical (unpaired) electrons. The summed E-state index contributed by atoms with van der Waals surface area (Å²) in [6.45, 7) is 0. The van der Waals surface area contributed by atoms with Gasteiger partial charge < -0.3 is 0 Å². The molecule has 1 fully saturated rings. The van der Waals surface area contributed by atoms with Gasteiger partial charge in [0.15, 0.2) is 0 Å². The number of nitrogens with zero attached hydrogens (tertiary/aromatic N) is 2. The lowest BCUT2D eigenvalue weighted by Crippen LogP contribution is -2.07. The second kappa shape index (κ2) is 5.21. The second-order valence-corrected chi connectivity index (χ2v) is 6.15. The average molecular weight is 328 g/mol. The molecule has 6 heteroatoms. The molecule has 1 unspecified atom stereocenters. The zero-order chi connectivity index (χ0) is 10.8. The highest BCUT2D eigenvalue weighted by Gasteiger charge is 2.20. The maximum atomic E-state index is 5.95. The topological polar surface area (TPSA) is 25.8 Å². The molecular formula is C9H9BrCl2N2S. The second-order valence-electron chi connectivity index (χ2n) is 3.33. The van der Waals surface area contributed by atoms with E-state index in [-0.39, 0.29) is 0 Å². The number of hydrogen-bond donors (Lipinski definition) is 0. The van der Waals surface area contributed by atoms with Crippen molar-refractivity contribution in [3.05, 3.63) is 20.6 Å². The highest BCUT2D eigenvalue weighted by atomic mass is 79.9. The molecule has 1 aliphatic heterocycles. The van der Waals surface area contributed by atoms with Crippen molar-refractivity contribution >= 4 is 50.9 Å². The molecule has 0 saturated carbocycles. The summed E-state index contributed by atoms with van der Waals surface area (Å²) in [5.41, 5.74) is 0. The maximum Gasteiger partial charge on any atom is 0.148 e. The van der Waals surface area contributed by atoms with Crippen molar-refractivity contribution in [3.63, 3.8) is 0 Å². The van der Waals surface area contributed by atoms with Crippen LogP contribution in [0.4, 0.5) is 0 Å². The van der Waals surface area contributed by atoms with Crippen molar-refractivity contribution in [3.8, 4) is 0 Å². The summed E-state index contributed by atoms with van der Waals surface area (Å²) in [5, 5.41) is 1.15. The molecule has 0 amide bonds. The summed E-state index contributed by atoms with van der Waals surface area (Å²) < 4.78 is 0.579. The van der Waals surface area contributed by atoms with E-state index in [4.69, 9.17) is 23.2 Å². The van der Waals surface area contributed by atoms with E-state index in [0.29, 0.717) is 20.0 Å². The monoisotopic (exact) mass is 326 g/mol. The first-order chi connectivity index (χ1) is 7.18. The Hall–Kier alpha value is 0.490. The highest BCUT2D eigenvalue weighted by molar-refractivity contribution is 9.10. The Morgan fingerprint density at radius 3 is 2.40 bits per heavy atom. The Balaban J connectivity index is 2.27. The molecular weight excluding hydrogens is 319 g/mol. The average Bonchev–Trinajstić information content (AvgIpc) is 2.26. The Morgan fingerprint density at radius 2 is 1.87 bits per heavy atom. The van der Waals surface area contributed by atoms with Gasteiger partial charge in [0.2, 0.25) is 0 Å². The first-order valence-electron chi connectivity index (χ1n) is 4.68. The van der Waals surface area contributed by atoms with E-state index in [1.807, 2.05) is 11.8 Å². The summed E-state index contributed by atoms with van der Waals surface area (Å²) in [7, 11) is 0. The van der Waals surface area contributed by atoms with Crippen LogP contribution in [0.5, 0.6) is 0 Å². The largest absolute Gasteiger partial charge is 0.219 e. The summed E-state index contributed by atoms with van der Waals surface area (Å²) >= 11 is 17.0. The van der Waals surface area contributed by atoms with E-state index in [1.165, 1.54) is 18.6 Å². The quantitative estimate of drug-likeness (QED) is 0.710. The molecule has 1 aromatic heterocycles. The minimum Gasteiger partial charge on any atom is -0.219 e. The predicted molar refractivity (Wildman–Crippen MR) is 68.8 cm³/mol. The van der Waals surface area contributed by atoms with Crippen molar-refractivity contribution in [2.75, 3.05) is 5.75 Å². The Kier molecular flexibility index (Phi) is 4.16. The first-order valence-corrected chi connectivity index (χ1v) is 7.28. The van der Waals surface area contributed by atoms with Gasteiger partial charge in [0.25, 0.3) is 0 Å². The smallest absolute Gasteiger partial charge is 0.148 e. The van der Waals surface area contributed by atoms with Crippen LogP contribution in [0.1, 0.15) is 30.3 Å². The molecule has 2 nitrogen and oxygen atoms in total. The molecule has 0 N–H and O–H groups in total. The third-order valence-electron chi connectivity index (χ3n) is 2.26. The van der Waals surface area contributed by atoms with Gasteiger partial charge in [0.1, 0.15) is 16.1 Å². The van der Waals surface area contributed by atoms with Crippen LogP contribution in [-0.4, -0.2) is 15.7 Å². The van der Waals surface area contributed by atoms with Gasteiger partial charge in [-0.25, -0.2) is 9.97 Å². The number of aromatic nitrogens is 2. The van der Waals surface area contributed by atoms with E-state index >= 15 is 0 Å². The molecule has 1 aliphatic rings. The van der Waals surface area contributed by atoms with Gasteiger partial charge in [0, 0.05) is 0 Å². The van der Waals surface area contributed by atoms with Crippen LogP contribution in [0.15, 0.2) is 4.47 Å². The fraction of sp³-hybridized carbons (Fsp3) is 0.556. The minimum atomic E-state index is 0.349. The van der Waals surface area contributed by atoms with Gasteiger partial charge in [-0.05, 0) is 34.5 Å². The Labute approximate surface area is 111 Å². The van der Waals surface area contributed by atoms with Crippen LogP contribution in [0.25, 0.3) is 0 Å². The van der Waals surface area contributed by atoms with Gasteiger partial charge >= 0.3 is 0 Å². The Morgan fingerprint density at radius 1 is 1.20 bits per heavy atom. The van der Waals surface area contributed by atoms with Crippen LogP contribution in [0.3, 0.4) is 0 Å². The maximum absolute atomic E-state index is 5.95. The summed E-state index contributed by atoms with van der Waals surface area (Å²) in [6, 6.07) is 0. The van der Waals surface area contributed by atoms with Crippen molar-refractivity contribution < 1.29 is 0 Å². The van der Waals surface area contributed by atoms with E-state index in [0.717, 1.165) is 12.2 Å². The van der Waals surface area contributed by atoms with Gasteiger partial charge in [-0.1, -0.05) is 29.6 Å². The van der Waals surface area contributed by atoms with E-state index in [1.54, 1.807) is 0 Å². The minimum absolute atomic E-state index is 0.349. The highest BCUT2D eigenvalue weighted by Crippen LogP contribution is 2.38. The number of hydrogen-bond acceptors (Lipinski definition) is 3. The van der Waals surface area contributed by atoms with Crippen LogP contribution in [-0.2, 0) is 0 Å². The summed E-state index contributed by atoms with van der Waals surface area (Å²) in [4.78, 5) is 8.52. The zero-order valence-corrected chi connectivity index (χ0v) is 11.8. The molecule has 2 heterocycles. The molecule has 1 atom stereocenters. The van der Waals surface area contributed by atoms with Gasteiger partial charge in [-0.3, -0.25) is 0 Å². The normalized spacial score (nSPS) is 21.7. The number of thioether (sulfide) groups is 1. The molecule has 1 saturated heterocycles. The first kappa shape index (κ1) is 12.0. The van der Waals surface area contributed by atoms with Gasteiger partial charge in [0.05, 0.1) is 9.72 Å². The molecule has 0 aliphatic carbocycles. The van der Waals surface area contributed by atoms with E-state index < -0.39 is 0 Å². The van der Waals surface area contributed by atoms with Crippen LogP contribution in [0, 0.1) is 0 Å². The van der Waals surface area contributed by atoms with Crippen LogP contribution >= 0.6 is 50.9 Å².